The van der Waals surface area contributed by atoms with Crippen molar-refractivity contribution >= 4 is 17.9 Å². The molecule has 2 aromatic heterocycles. The SMILES string of the molecule is Cc1cccc(/C=N\Nc2cc(N3CCOCC3)nc(OCCc3ccccn3)n2)c1. The molecule has 160 valence electrons. The second kappa shape index (κ2) is 10.5. The third-order valence-electron chi connectivity index (χ3n) is 4.78. The topological polar surface area (TPSA) is 84.8 Å². The van der Waals surface area contributed by atoms with Gasteiger partial charge in [-0.05, 0) is 24.6 Å². The first-order valence-corrected chi connectivity index (χ1v) is 10.4. The van der Waals surface area contributed by atoms with E-state index in [4.69, 9.17) is 9.47 Å². The molecule has 0 saturated carbocycles. The second-order valence-electron chi connectivity index (χ2n) is 7.20. The summed E-state index contributed by atoms with van der Waals surface area (Å²) >= 11 is 0. The van der Waals surface area contributed by atoms with Crippen LogP contribution in [0.25, 0.3) is 0 Å². The number of nitrogens with one attached hydrogen (secondary N) is 1. The van der Waals surface area contributed by atoms with E-state index >= 15 is 0 Å². The van der Waals surface area contributed by atoms with Gasteiger partial charge in [0.2, 0.25) is 0 Å². The molecule has 0 atom stereocenters. The minimum absolute atomic E-state index is 0.313. The number of rotatable bonds is 8. The number of hydrogen-bond donors (Lipinski definition) is 1. The van der Waals surface area contributed by atoms with Crippen molar-refractivity contribution in [3.63, 3.8) is 0 Å². The van der Waals surface area contributed by atoms with Gasteiger partial charge in [-0.15, -0.1) is 0 Å². The maximum atomic E-state index is 5.85. The number of aromatic nitrogens is 3. The van der Waals surface area contributed by atoms with Crippen LogP contribution in [0.3, 0.4) is 0 Å². The minimum Gasteiger partial charge on any atom is -0.463 e. The van der Waals surface area contributed by atoms with Gasteiger partial charge in [-0.1, -0.05) is 35.9 Å². The van der Waals surface area contributed by atoms with Crippen molar-refractivity contribution in [3.8, 4) is 6.01 Å². The van der Waals surface area contributed by atoms with Gasteiger partial charge in [-0.2, -0.15) is 15.1 Å². The zero-order chi connectivity index (χ0) is 21.3. The second-order valence-corrected chi connectivity index (χ2v) is 7.20. The maximum absolute atomic E-state index is 5.85. The highest BCUT2D eigenvalue weighted by Crippen LogP contribution is 2.20. The Morgan fingerprint density at radius 3 is 2.84 bits per heavy atom. The van der Waals surface area contributed by atoms with Crippen molar-refractivity contribution in [2.45, 2.75) is 13.3 Å². The molecule has 1 N–H and O–H groups in total. The van der Waals surface area contributed by atoms with Crippen LogP contribution in [0.4, 0.5) is 11.6 Å². The Morgan fingerprint density at radius 1 is 1.13 bits per heavy atom. The molecule has 0 amide bonds. The van der Waals surface area contributed by atoms with Crippen LogP contribution in [0.1, 0.15) is 16.8 Å². The Balaban J connectivity index is 1.46. The Hall–Kier alpha value is -3.52. The molecule has 31 heavy (non-hydrogen) atoms. The predicted molar refractivity (Wildman–Crippen MR) is 121 cm³/mol. The number of hydrogen-bond acceptors (Lipinski definition) is 8. The van der Waals surface area contributed by atoms with Crippen LogP contribution >= 0.6 is 0 Å². The van der Waals surface area contributed by atoms with Gasteiger partial charge in [-0.25, -0.2) is 0 Å². The van der Waals surface area contributed by atoms with Crippen LogP contribution in [-0.2, 0) is 11.2 Å². The summed E-state index contributed by atoms with van der Waals surface area (Å²) in [5.41, 5.74) is 6.17. The summed E-state index contributed by atoms with van der Waals surface area (Å²) in [6, 6.07) is 16.2. The molecule has 1 saturated heterocycles. The molecule has 4 rings (SSSR count). The van der Waals surface area contributed by atoms with E-state index in [0.717, 1.165) is 30.2 Å². The number of anilines is 2. The number of aryl methyl sites for hydroxylation is 1. The van der Waals surface area contributed by atoms with Crippen LogP contribution in [0, 0.1) is 6.92 Å². The molecule has 0 bridgehead atoms. The van der Waals surface area contributed by atoms with Crippen molar-refractivity contribution in [1.82, 2.24) is 15.0 Å². The smallest absolute Gasteiger partial charge is 0.320 e. The van der Waals surface area contributed by atoms with Gasteiger partial charge in [0, 0.05) is 37.5 Å². The Labute approximate surface area is 182 Å². The van der Waals surface area contributed by atoms with E-state index in [-0.39, 0.29) is 0 Å². The summed E-state index contributed by atoms with van der Waals surface area (Å²) in [6.45, 7) is 5.39. The van der Waals surface area contributed by atoms with E-state index in [9.17, 15) is 0 Å². The summed E-state index contributed by atoms with van der Waals surface area (Å²) < 4.78 is 11.3. The highest BCUT2D eigenvalue weighted by atomic mass is 16.5. The standard InChI is InChI=1S/C23H26N6O2/c1-18-5-4-6-19(15-18)17-25-28-21-16-22(29-10-13-30-14-11-29)27-23(26-21)31-12-8-20-7-2-3-9-24-20/h2-7,9,15-17H,8,10-14H2,1H3,(H,26,27,28)/b25-17-. The number of pyridine rings is 1. The third-order valence-corrected chi connectivity index (χ3v) is 4.78. The van der Waals surface area contributed by atoms with Crippen molar-refractivity contribution in [2.24, 2.45) is 5.10 Å². The van der Waals surface area contributed by atoms with Gasteiger partial charge in [0.1, 0.15) is 5.82 Å². The number of nitrogens with zero attached hydrogens (tertiary/aromatic N) is 5. The lowest BCUT2D eigenvalue weighted by Crippen LogP contribution is -2.36. The largest absolute Gasteiger partial charge is 0.463 e. The lowest BCUT2D eigenvalue weighted by atomic mass is 10.2. The molecule has 1 aliphatic rings. The molecule has 3 heterocycles. The first-order valence-electron chi connectivity index (χ1n) is 10.4. The van der Waals surface area contributed by atoms with E-state index in [1.165, 1.54) is 5.56 Å². The number of benzene rings is 1. The van der Waals surface area contributed by atoms with Crippen molar-refractivity contribution in [2.75, 3.05) is 43.2 Å². The highest BCUT2D eigenvalue weighted by molar-refractivity contribution is 5.80. The monoisotopic (exact) mass is 418 g/mol. The first kappa shape index (κ1) is 20.7. The Kier molecular flexibility index (Phi) is 7.02. The van der Waals surface area contributed by atoms with E-state index in [1.807, 2.05) is 36.4 Å². The van der Waals surface area contributed by atoms with E-state index < -0.39 is 0 Å². The molecule has 3 aromatic rings. The fourth-order valence-corrected chi connectivity index (χ4v) is 3.21. The van der Waals surface area contributed by atoms with Crippen LogP contribution in [0.5, 0.6) is 6.01 Å². The van der Waals surface area contributed by atoms with Gasteiger partial charge in [-0.3, -0.25) is 10.4 Å². The number of morpholine rings is 1. The summed E-state index contributed by atoms with van der Waals surface area (Å²) in [5.74, 6) is 1.37. The first-order chi connectivity index (χ1) is 15.3. The van der Waals surface area contributed by atoms with Crippen molar-refractivity contribution in [1.29, 1.82) is 0 Å². The Bertz CT molecular complexity index is 1010. The van der Waals surface area contributed by atoms with Crippen molar-refractivity contribution < 1.29 is 9.47 Å². The van der Waals surface area contributed by atoms with Gasteiger partial charge in [0.25, 0.3) is 0 Å². The van der Waals surface area contributed by atoms with Gasteiger partial charge in [0.15, 0.2) is 5.82 Å². The third kappa shape index (κ3) is 6.23. The molecule has 0 radical (unpaired) electrons. The zero-order valence-electron chi connectivity index (χ0n) is 17.6. The van der Waals surface area contributed by atoms with Crippen LogP contribution in [0.2, 0.25) is 0 Å². The molecule has 0 unspecified atom stereocenters. The van der Waals surface area contributed by atoms with Crippen LogP contribution in [0.15, 0.2) is 59.8 Å². The van der Waals surface area contributed by atoms with E-state index in [2.05, 4.69) is 49.4 Å². The predicted octanol–water partition coefficient (Wildman–Crippen LogP) is 3.08. The van der Waals surface area contributed by atoms with Gasteiger partial charge in [0.05, 0.1) is 26.0 Å². The fourth-order valence-electron chi connectivity index (χ4n) is 3.21. The normalized spacial score (nSPS) is 14.0. The van der Waals surface area contributed by atoms with Crippen LogP contribution in [-0.4, -0.2) is 54.1 Å². The quantitative estimate of drug-likeness (QED) is 0.444. The van der Waals surface area contributed by atoms with E-state index in [0.29, 0.717) is 38.1 Å². The lowest BCUT2D eigenvalue weighted by molar-refractivity contribution is 0.122. The van der Waals surface area contributed by atoms with Crippen LogP contribution < -0.4 is 15.1 Å². The molecule has 1 aliphatic heterocycles. The minimum atomic E-state index is 0.313. The van der Waals surface area contributed by atoms with Crippen molar-refractivity contribution in [3.05, 3.63) is 71.5 Å². The average molecular weight is 419 g/mol. The molecule has 8 heteroatoms. The molecule has 0 spiro atoms. The molecule has 1 aromatic carbocycles. The van der Waals surface area contributed by atoms with Gasteiger partial charge >= 0.3 is 6.01 Å². The highest BCUT2D eigenvalue weighted by Gasteiger charge is 2.15. The fraction of sp³-hybridized carbons (Fsp3) is 0.304. The van der Waals surface area contributed by atoms with Gasteiger partial charge < -0.3 is 14.4 Å². The number of ether oxygens (including phenoxy) is 2. The molecular formula is C23H26N6O2. The summed E-state index contributed by atoms with van der Waals surface area (Å²) in [4.78, 5) is 15.5. The molecular weight excluding hydrogens is 392 g/mol. The van der Waals surface area contributed by atoms with E-state index in [1.54, 1.807) is 12.4 Å². The molecule has 8 nitrogen and oxygen atoms in total. The lowest BCUT2D eigenvalue weighted by Gasteiger charge is -2.28. The summed E-state index contributed by atoms with van der Waals surface area (Å²) in [5, 5.41) is 4.33. The summed E-state index contributed by atoms with van der Waals surface area (Å²) in [7, 11) is 0. The maximum Gasteiger partial charge on any atom is 0.320 e. The molecule has 0 aliphatic carbocycles. The number of hydrazone groups is 1. The summed E-state index contributed by atoms with van der Waals surface area (Å²) in [6.07, 6.45) is 4.23. The zero-order valence-corrected chi connectivity index (χ0v) is 17.6. The molecule has 1 fully saturated rings. The Morgan fingerprint density at radius 2 is 2.03 bits per heavy atom. The average Bonchev–Trinajstić information content (AvgIpc) is 2.80.